The monoisotopic (exact) mass is 303 g/mol. The summed E-state index contributed by atoms with van der Waals surface area (Å²) >= 11 is 1.66. The van der Waals surface area contributed by atoms with Crippen molar-refractivity contribution in [3.8, 4) is 0 Å². The number of rotatable bonds is 4. The number of thiazole rings is 1. The fourth-order valence-corrected chi connectivity index (χ4v) is 3.99. The van der Waals surface area contributed by atoms with E-state index < -0.39 is 0 Å². The van der Waals surface area contributed by atoms with Crippen molar-refractivity contribution in [1.82, 2.24) is 10.3 Å². The Morgan fingerprint density at radius 2 is 2.38 bits per heavy atom. The van der Waals surface area contributed by atoms with E-state index in [1.807, 2.05) is 25.1 Å². The Balaban J connectivity index is 1.81. The zero-order chi connectivity index (χ0) is 14.9. The van der Waals surface area contributed by atoms with Crippen LogP contribution in [0.25, 0.3) is 10.2 Å². The van der Waals surface area contributed by atoms with Crippen LogP contribution in [0.2, 0.25) is 0 Å². The molecule has 0 spiro atoms. The molecule has 0 aliphatic carbocycles. The Morgan fingerprint density at radius 3 is 3.10 bits per heavy atom. The summed E-state index contributed by atoms with van der Waals surface area (Å²) in [7, 11) is 0. The molecule has 1 aliphatic heterocycles. The minimum Gasteiger partial charge on any atom is -0.324 e. The van der Waals surface area contributed by atoms with E-state index >= 15 is 0 Å². The van der Waals surface area contributed by atoms with Crippen LogP contribution < -0.4 is 10.6 Å². The molecular formula is C16H21N3OS. The highest BCUT2D eigenvalue weighted by atomic mass is 32.1. The molecule has 0 radical (unpaired) electrons. The topological polar surface area (TPSA) is 54.0 Å². The highest BCUT2D eigenvalue weighted by Gasteiger charge is 2.39. The van der Waals surface area contributed by atoms with Gasteiger partial charge in [-0.1, -0.05) is 13.3 Å². The second-order valence-electron chi connectivity index (χ2n) is 5.73. The first-order valence-corrected chi connectivity index (χ1v) is 8.38. The van der Waals surface area contributed by atoms with Gasteiger partial charge in [0.25, 0.3) is 0 Å². The van der Waals surface area contributed by atoms with Crippen LogP contribution in [0.1, 0.15) is 37.6 Å². The highest BCUT2D eigenvalue weighted by Crippen LogP contribution is 2.28. The van der Waals surface area contributed by atoms with Crippen molar-refractivity contribution >= 4 is 33.1 Å². The first-order chi connectivity index (χ1) is 10.1. The third-order valence-corrected chi connectivity index (χ3v) is 5.04. The number of anilines is 1. The van der Waals surface area contributed by atoms with Gasteiger partial charge in [-0.3, -0.25) is 4.79 Å². The second kappa shape index (κ2) is 5.73. The van der Waals surface area contributed by atoms with E-state index in [4.69, 9.17) is 0 Å². The molecule has 2 N–H and O–H groups in total. The van der Waals surface area contributed by atoms with Crippen LogP contribution in [0.5, 0.6) is 0 Å². The molecule has 2 heterocycles. The van der Waals surface area contributed by atoms with Crippen molar-refractivity contribution in [1.29, 1.82) is 0 Å². The number of aromatic nitrogens is 1. The van der Waals surface area contributed by atoms with E-state index in [-0.39, 0.29) is 11.4 Å². The lowest BCUT2D eigenvalue weighted by molar-refractivity contribution is -0.122. The van der Waals surface area contributed by atoms with Gasteiger partial charge in [-0.15, -0.1) is 11.3 Å². The number of benzene rings is 1. The van der Waals surface area contributed by atoms with Gasteiger partial charge in [-0.2, -0.15) is 0 Å². The number of hydrogen-bond acceptors (Lipinski definition) is 4. The number of nitrogens with zero attached hydrogens (tertiary/aromatic N) is 1. The lowest BCUT2D eigenvalue weighted by Gasteiger charge is -2.27. The van der Waals surface area contributed by atoms with Gasteiger partial charge in [0.05, 0.1) is 20.8 Å². The Labute approximate surface area is 129 Å². The summed E-state index contributed by atoms with van der Waals surface area (Å²) in [6.07, 6.45) is 3.89. The molecule has 1 aliphatic rings. The summed E-state index contributed by atoms with van der Waals surface area (Å²) in [4.78, 5) is 17.1. The predicted octanol–water partition coefficient (Wildman–Crippen LogP) is 3.47. The summed E-state index contributed by atoms with van der Waals surface area (Å²) in [5, 5.41) is 7.55. The molecule has 112 valence electrons. The van der Waals surface area contributed by atoms with Gasteiger partial charge in [0.2, 0.25) is 5.91 Å². The molecule has 4 nitrogen and oxygen atoms in total. The molecule has 1 aromatic heterocycles. The first kappa shape index (κ1) is 14.5. The van der Waals surface area contributed by atoms with Crippen molar-refractivity contribution in [3.63, 3.8) is 0 Å². The summed E-state index contributed by atoms with van der Waals surface area (Å²) < 4.78 is 1.12. The van der Waals surface area contributed by atoms with Crippen molar-refractivity contribution in [3.05, 3.63) is 23.2 Å². The molecule has 21 heavy (non-hydrogen) atoms. The quantitative estimate of drug-likeness (QED) is 0.909. The van der Waals surface area contributed by atoms with Crippen LogP contribution >= 0.6 is 11.3 Å². The standard InChI is InChI=1S/C16H21N3OS/c1-3-7-16(8-4-9-17-16)15(20)19-12-5-6-13-14(10-12)21-11(2)18-13/h5-6,10,17H,3-4,7-9H2,1-2H3,(H,19,20). The molecule has 1 fully saturated rings. The van der Waals surface area contributed by atoms with Gasteiger partial charge in [0, 0.05) is 5.69 Å². The Kier molecular flexibility index (Phi) is 3.95. The van der Waals surface area contributed by atoms with Gasteiger partial charge in [0.1, 0.15) is 0 Å². The number of aryl methyl sites for hydroxylation is 1. The van der Waals surface area contributed by atoms with Crippen molar-refractivity contribution in [2.45, 2.75) is 45.1 Å². The van der Waals surface area contributed by atoms with Gasteiger partial charge in [-0.25, -0.2) is 4.98 Å². The van der Waals surface area contributed by atoms with Crippen LogP contribution in [0.15, 0.2) is 18.2 Å². The molecule has 0 bridgehead atoms. The molecule has 1 aromatic carbocycles. The minimum absolute atomic E-state index is 0.0995. The average Bonchev–Trinajstić information content (AvgIpc) is 3.05. The van der Waals surface area contributed by atoms with Gasteiger partial charge in [-0.05, 0) is 50.9 Å². The molecule has 2 aromatic rings. The Morgan fingerprint density at radius 1 is 1.52 bits per heavy atom. The molecule has 5 heteroatoms. The third-order valence-electron chi connectivity index (χ3n) is 4.11. The van der Waals surface area contributed by atoms with Gasteiger partial charge >= 0.3 is 0 Å². The number of carbonyl (C=O) groups is 1. The lowest BCUT2D eigenvalue weighted by Crippen LogP contribution is -2.50. The Hall–Kier alpha value is -1.46. The van der Waals surface area contributed by atoms with E-state index in [2.05, 4.69) is 22.5 Å². The average molecular weight is 303 g/mol. The van der Waals surface area contributed by atoms with Crippen molar-refractivity contribution in [2.75, 3.05) is 11.9 Å². The number of hydrogen-bond donors (Lipinski definition) is 2. The number of nitrogens with one attached hydrogen (secondary N) is 2. The molecule has 3 rings (SSSR count). The highest BCUT2D eigenvalue weighted by molar-refractivity contribution is 7.18. The molecule has 1 unspecified atom stereocenters. The summed E-state index contributed by atoms with van der Waals surface area (Å²) in [6.45, 7) is 5.06. The molecule has 1 amide bonds. The third kappa shape index (κ3) is 2.80. The minimum atomic E-state index is -0.382. The molecule has 1 saturated heterocycles. The molecule has 1 atom stereocenters. The number of carbonyl (C=O) groups excluding carboxylic acids is 1. The largest absolute Gasteiger partial charge is 0.324 e. The van der Waals surface area contributed by atoms with Crippen LogP contribution in [0.4, 0.5) is 5.69 Å². The van der Waals surface area contributed by atoms with Crippen LogP contribution in [-0.2, 0) is 4.79 Å². The number of amides is 1. The smallest absolute Gasteiger partial charge is 0.244 e. The number of fused-ring (bicyclic) bond motifs is 1. The predicted molar refractivity (Wildman–Crippen MR) is 87.9 cm³/mol. The van der Waals surface area contributed by atoms with Crippen LogP contribution in [0.3, 0.4) is 0 Å². The van der Waals surface area contributed by atoms with Crippen molar-refractivity contribution < 1.29 is 4.79 Å². The van der Waals surface area contributed by atoms with Crippen LogP contribution in [-0.4, -0.2) is 23.0 Å². The van der Waals surface area contributed by atoms with Crippen LogP contribution in [0, 0.1) is 6.92 Å². The maximum Gasteiger partial charge on any atom is 0.244 e. The zero-order valence-electron chi connectivity index (χ0n) is 12.5. The van der Waals surface area contributed by atoms with Gasteiger partial charge in [0.15, 0.2) is 0 Å². The van der Waals surface area contributed by atoms with Gasteiger partial charge < -0.3 is 10.6 Å². The molecular weight excluding hydrogens is 282 g/mol. The molecule has 0 saturated carbocycles. The fourth-order valence-electron chi connectivity index (χ4n) is 3.12. The van der Waals surface area contributed by atoms with E-state index in [1.54, 1.807) is 11.3 Å². The van der Waals surface area contributed by atoms with E-state index in [1.165, 1.54) is 0 Å². The summed E-state index contributed by atoms with van der Waals surface area (Å²) in [6, 6.07) is 5.93. The van der Waals surface area contributed by atoms with E-state index in [0.29, 0.717) is 0 Å². The SMILES string of the molecule is CCCC1(C(=O)Nc2ccc3nc(C)sc3c2)CCCN1. The zero-order valence-corrected chi connectivity index (χ0v) is 13.3. The maximum absolute atomic E-state index is 12.7. The second-order valence-corrected chi connectivity index (χ2v) is 6.97. The first-order valence-electron chi connectivity index (χ1n) is 7.57. The van der Waals surface area contributed by atoms with E-state index in [0.717, 1.165) is 53.1 Å². The summed E-state index contributed by atoms with van der Waals surface area (Å²) in [5.41, 5.74) is 1.48. The Bertz CT molecular complexity index is 659. The van der Waals surface area contributed by atoms with E-state index in [9.17, 15) is 4.79 Å². The fraction of sp³-hybridized carbons (Fsp3) is 0.500. The summed E-state index contributed by atoms with van der Waals surface area (Å²) in [5.74, 6) is 0.0995. The maximum atomic E-state index is 12.7. The van der Waals surface area contributed by atoms with Crippen molar-refractivity contribution in [2.24, 2.45) is 0 Å². The lowest BCUT2D eigenvalue weighted by atomic mass is 9.91. The normalized spacial score (nSPS) is 21.8.